The summed E-state index contributed by atoms with van der Waals surface area (Å²) in [7, 11) is 0. The Kier molecular flexibility index (Phi) is 7.69. The lowest BCUT2D eigenvalue weighted by atomic mass is 10.0. The third-order valence-electron chi connectivity index (χ3n) is 4.32. The molecule has 2 aliphatic rings. The lowest BCUT2D eigenvalue weighted by Crippen LogP contribution is -2.71. The summed E-state index contributed by atoms with van der Waals surface area (Å²) < 4.78 is 5.13. The van der Waals surface area contributed by atoms with Crippen LogP contribution in [0.25, 0.3) is 0 Å². The number of hydrogen-bond acceptors (Lipinski definition) is 11. The van der Waals surface area contributed by atoms with Crippen molar-refractivity contribution in [2.75, 3.05) is 18.6 Å². The molecule has 14 heteroatoms. The third-order valence-corrected chi connectivity index (χ3v) is 7.20. The summed E-state index contributed by atoms with van der Waals surface area (Å²) in [4.78, 5) is 60.0. The first kappa shape index (κ1) is 25.1. The van der Waals surface area contributed by atoms with Crippen LogP contribution < -0.4 is 5.32 Å². The summed E-state index contributed by atoms with van der Waals surface area (Å²) in [5, 5.41) is 16.9. The van der Waals surface area contributed by atoms with Gasteiger partial charge >= 0.3 is 11.9 Å². The molecule has 0 aromatic carbocycles. The third kappa shape index (κ3) is 5.68. The van der Waals surface area contributed by atoms with Gasteiger partial charge in [0.1, 0.15) is 28.4 Å². The highest BCUT2D eigenvalue weighted by Gasteiger charge is 2.54. The largest absolute Gasteiger partial charge is 0.477 e. The number of aliphatic carboxylic acids is 1. The maximum absolute atomic E-state index is 12.9. The van der Waals surface area contributed by atoms with Crippen LogP contribution in [0.1, 0.15) is 26.5 Å². The number of oxime groups is 1. The molecule has 178 valence electrons. The zero-order valence-electron chi connectivity index (χ0n) is 18.2. The topological polar surface area (TPSA) is 147 Å². The average molecular weight is 515 g/mol. The fourth-order valence-corrected chi connectivity index (χ4v) is 5.80. The van der Waals surface area contributed by atoms with Crippen LogP contribution in [0.15, 0.2) is 26.6 Å². The van der Waals surface area contributed by atoms with Crippen LogP contribution in [-0.2, 0) is 28.8 Å². The van der Waals surface area contributed by atoms with Gasteiger partial charge in [-0.2, -0.15) is 0 Å². The predicted octanol–water partition coefficient (Wildman–Crippen LogP) is 1.26. The normalized spacial score (nSPS) is 20.7. The summed E-state index contributed by atoms with van der Waals surface area (Å²) in [6.45, 7) is 4.60. The standard InChI is InChI=1S/C19H22N4O7S3/c1-19(2,3)30-11(24)5-29-22-12(9-6-32-8-20-9)15(25)21-13-16(26)23-14(18(27)28)10(31-4)7-33-17(13)23/h6,8,13,17H,5,7H2,1-4H3,(H,21,25)(H,27,28)/t13?,17-/m0/s1. The summed E-state index contributed by atoms with van der Waals surface area (Å²) in [5.74, 6) is -2.71. The Hall–Kier alpha value is -2.58. The van der Waals surface area contributed by atoms with Crippen molar-refractivity contribution in [1.29, 1.82) is 0 Å². The summed E-state index contributed by atoms with van der Waals surface area (Å²) in [6.07, 6.45) is 1.75. The second-order valence-electron chi connectivity index (χ2n) is 7.82. The van der Waals surface area contributed by atoms with Crippen LogP contribution in [0.3, 0.4) is 0 Å². The Balaban J connectivity index is 1.71. The van der Waals surface area contributed by atoms with Gasteiger partial charge in [0, 0.05) is 16.0 Å². The van der Waals surface area contributed by atoms with Crippen molar-refractivity contribution in [2.24, 2.45) is 5.16 Å². The molecule has 1 fully saturated rings. The molecule has 2 aliphatic heterocycles. The average Bonchev–Trinajstić information content (AvgIpc) is 3.26. The molecule has 1 aromatic heterocycles. The summed E-state index contributed by atoms with van der Waals surface area (Å²) >= 11 is 3.86. The van der Waals surface area contributed by atoms with Crippen molar-refractivity contribution < 1.29 is 33.9 Å². The van der Waals surface area contributed by atoms with Gasteiger partial charge in [0.05, 0.1) is 5.51 Å². The Bertz CT molecular complexity index is 1020. The van der Waals surface area contributed by atoms with Crippen LogP contribution in [0, 0.1) is 0 Å². The van der Waals surface area contributed by atoms with Crippen molar-refractivity contribution in [2.45, 2.75) is 37.8 Å². The molecule has 1 saturated heterocycles. The van der Waals surface area contributed by atoms with Crippen molar-refractivity contribution in [3.8, 4) is 0 Å². The molecular formula is C19H22N4O7S3. The first-order valence-electron chi connectivity index (χ1n) is 9.60. The Morgan fingerprint density at radius 3 is 2.70 bits per heavy atom. The predicted molar refractivity (Wildman–Crippen MR) is 124 cm³/mol. The van der Waals surface area contributed by atoms with E-state index in [1.807, 2.05) is 0 Å². The highest BCUT2D eigenvalue weighted by atomic mass is 32.2. The van der Waals surface area contributed by atoms with Gasteiger partial charge in [-0.15, -0.1) is 34.9 Å². The maximum atomic E-state index is 12.9. The van der Waals surface area contributed by atoms with E-state index in [0.29, 0.717) is 10.7 Å². The monoisotopic (exact) mass is 514 g/mol. The first-order valence-corrected chi connectivity index (χ1v) is 12.8. The van der Waals surface area contributed by atoms with Gasteiger partial charge in [-0.3, -0.25) is 14.5 Å². The number of thiazole rings is 1. The number of rotatable bonds is 8. The van der Waals surface area contributed by atoms with E-state index in [9.17, 15) is 24.3 Å². The lowest BCUT2D eigenvalue weighted by Gasteiger charge is -2.49. The molecule has 1 unspecified atom stereocenters. The molecule has 2 N–H and O–H groups in total. The Morgan fingerprint density at radius 2 is 2.12 bits per heavy atom. The number of aromatic nitrogens is 1. The van der Waals surface area contributed by atoms with E-state index < -0.39 is 47.4 Å². The first-order chi connectivity index (χ1) is 15.5. The SMILES string of the molecule is CSC1=C(C(=O)O)N2C(=O)C(NC(=O)C(=NOCC(=O)OC(C)(C)C)c3cscn3)[C@@H]2SC1. The van der Waals surface area contributed by atoms with E-state index >= 15 is 0 Å². The molecule has 0 aliphatic carbocycles. The number of hydrogen-bond donors (Lipinski definition) is 2. The number of carboxylic acid groups (broad SMARTS) is 1. The molecule has 3 heterocycles. The molecule has 33 heavy (non-hydrogen) atoms. The number of esters is 1. The molecule has 1 aromatic rings. The van der Waals surface area contributed by atoms with Crippen LogP contribution in [0.2, 0.25) is 0 Å². The van der Waals surface area contributed by atoms with Gasteiger partial charge in [-0.05, 0) is 27.0 Å². The van der Waals surface area contributed by atoms with Crippen LogP contribution in [-0.4, -0.2) is 80.1 Å². The van der Waals surface area contributed by atoms with E-state index in [0.717, 1.165) is 0 Å². The number of β-lactam (4-membered cyclic amide) rings is 1. The number of amides is 2. The van der Waals surface area contributed by atoms with E-state index in [1.54, 1.807) is 32.4 Å². The summed E-state index contributed by atoms with van der Waals surface area (Å²) in [6, 6.07) is -0.935. The molecule has 0 bridgehead atoms. The lowest BCUT2D eigenvalue weighted by molar-refractivity contribution is -0.160. The van der Waals surface area contributed by atoms with Crippen molar-refractivity contribution >= 4 is 64.3 Å². The zero-order chi connectivity index (χ0) is 24.3. The highest BCUT2D eigenvalue weighted by Crippen LogP contribution is 2.42. The minimum Gasteiger partial charge on any atom is -0.477 e. The number of ether oxygens (including phenoxy) is 1. The van der Waals surface area contributed by atoms with Gasteiger partial charge in [0.25, 0.3) is 11.8 Å². The van der Waals surface area contributed by atoms with Gasteiger partial charge in [0.15, 0.2) is 5.71 Å². The smallest absolute Gasteiger partial charge is 0.353 e. The van der Waals surface area contributed by atoms with Gasteiger partial charge in [-0.25, -0.2) is 14.6 Å². The number of carbonyl (C=O) groups is 4. The Morgan fingerprint density at radius 1 is 1.39 bits per heavy atom. The quantitative estimate of drug-likeness (QED) is 0.225. The van der Waals surface area contributed by atoms with Crippen molar-refractivity contribution in [3.05, 3.63) is 27.2 Å². The molecule has 2 amide bonds. The van der Waals surface area contributed by atoms with Crippen LogP contribution >= 0.6 is 34.9 Å². The van der Waals surface area contributed by atoms with E-state index in [1.165, 1.54) is 45.3 Å². The highest BCUT2D eigenvalue weighted by molar-refractivity contribution is 8.05. The molecule has 2 atom stereocenters. The number of carboxylic acids is 1. The van der Waals surface area contributed by atoms with Crippen molar-refractivity contribution in [1.82, 2.24) is 15.2 Å². The minimum absolute atomic E-state index is 0.0594. The molecular weight excluding hydrogens is 492 g/mol. The van der Waals surface area contributed by atoms with Crippen LogP contribution in [0.4, 0.5) is 0 Å². The van der Waals surface area contributed by atoms with Crippen molar-refractivity contribution in [3.63, 3.8) is 0 Å². The number of nitrogens with zero attached hydrogens (tertiary/aromatic N) is 3. The Labute approximate surface area is 202 Å². The second kappa shape index (κ2) is 10.1. The molecule has 0 spiro atoms. The van der Waals surface area contributed by atoms with E-state index in [-0.39, 0.29) is 17.1 Å². The number of fused-ring (bicyclic) bond motifs is 1. The fraction of sp³-hybridized carbons (Fsp3) is 0.474. The summed E-state index contributed by atoms with van der Waals surface area (Å²) in [5.41, 5.74) is 0.721. The number of nitrogens with one attached hydrogen (secondary N) is 1. The van der Waals surface area contributed by atoms with Gasteiger partial charge in [0.2, 0.25) is 6.61 Å². The van der Waals surface area contributed by atoms with Crippen LogP contribution in [0.5, 0.6) is 0 Å². The number of thioether (sulfide) groups is 2. The molecule has 11 nitrogen and oxygen atoms in total. The number of carbonyl (C=O) groups excluding carboxylic acids is 3. The fourth-order valence-electron chi connectivity index (χ4n) is 3.01. The zero-order valence-corrected chi connectivity index (χ0v) is 20.6. The van der Waals surface area contributed by atoms with E-state index in [4.69, 9.17) is 9.57 Å². The minimum atomic E-state index is -1.19. The molecule has 3 rings (SSSR count). The van der Waals surface area contributed by atoms with E-state index in [2.05, 4.69) is 15.5 Å². The maximum Gasteiger partial charge on any atom is 0.353 e. The second-order valence-corrected chi connectivity index (χ2v) is 10.5. The van der Waals surface area contributed by atoms with Gasteiger partial charge < -0.3 is 20.0 Å². The molecule has 0 saturated carbocycles. The molecule has 0 radical (unpaired) electrons. The van der Waals surface area contributed by atoms with Gasteiger partial charge in [-0.1, -0.05) is 5.16 Å².